The van der Waals surface area contributed by atoms with Crippen molar-refractivity contribution in [2.24, 2.45) is 0 Å². The first-order chi connectivity index (χ1) is 3.00. The zero-order valence-corrected chi connectivity index (χ0v) is 6.29. The number of hydrogen-bond donors (Lipinski definition) is 1. The quantitative estimate of drug-likeness (QED) is 0.328. The molecule has 0 bridgehead atoms. The summed E-state index contributed by atoms with van der Waals surface area (Å²) in [5, 5.41) is 6.75. The van der Waals surface area contributed by atoms with Crippen LogP contribution in [-0.2, 0) is 22.0 Å². The third kappa shape index (κ3) is 703. The summed E-state index contributed by atoms with van der Waals surface area (Å²) in [5.41, 5.74) is 0. The molecule has 5 N–H and O–H groups in total. The van der Waals surface area contributed by atoms with E-state index in [0.717, 1.165) is 0 Å². The molecular weight excluding hydrogens is 225 g/mol. The molecule has 0 unspecified atom stereocenters. The standard InChI is InChI=1S/CH3O.CO.ClH.2H2O.Ru/c2*1-2;;;;/h2H,1H2;;1H;2*1H2;/q-1;;;;;+3/p-1. The summed E-state index contributed by atoms with van der Waals surface area (Å²) in [6, 6.07) is 0. The van der Waals surface area contributed by atoms with Crippen LogP contribution in [0.25, 0.3) is 0 Å². The molecule has 0 radical (unpaired) electrons. The molecule has 0 aliphatic rings. The van der Waals surface area contributed by atoms with Crippen molar-refractivity contribution in [2.75, 3.05) is 0 Å². The second-order valence-electron chi connectivity index (χ2n) is 0. The van der Waals surface area contributed by atoms with Gasteiger partial charge in [-0.05, 0) is 0 Å². The van der Waals surface area contributed by atoms with Crippen molar-refractivity contribution in [1.82, 2.24) is 0 Å². The van der Waals surface area contributed by atoms with Crippen LogP contribution in [0.1, 0.15) is 0 Å². The molecule has 0 aromatic carbocycles. The molecule has 0 fully saturated rings. The van der Waals surface area contributed by atoms with Gasteiger partial charge in [0.15, 0.2) is 0 Å². The van der Waals surface area contributed by atoms with Gasteiger partial charge >= 0.3 is 38.3 Å². The van der Waals surface area contributed by atoms with Crippen LogP contribution in [0, 0.1) is 13.8 Å². The number of hydrogen-bond acceptors (Lipinski definition) is 1. The van der Waals surface area contributed by atoms with Gasteiger partial charge in [0.2, 0.25) is 0 Å². The Balaban J connectivity index is -0.00000000500. The van der Waals surface area contributed by atoms with Crippen molar-refractivity contribution in [3.63, 3.8) is 0 Å². The van der Waals surface area contributed by atoms with Crippen molar-refractivity contribution >= 4 is 9.69 Å². The van der Waals surface area contributed by atoms with Crippen molar-refractivity contribution in [2.45, 2.75) is 0 Å². The molecule has 0 aromatic rings. The monoisotopic (exact) mass is 232 g/mol. The fraction of sp³-hybridized carbons (Fsp3) is 0. The fourth-order valence-corrected chi connectivity index (χ4v) is 0. The van der Waals surface area contributed by atoms with Crippen LogP contribution in [0.2, 0.25) is 0 Å². The molecule has 0 spiro atoms. The molecule has 6 heteroatoms. The number of rotatable bonds is 0. The first-order valence-corrected chi connectivity index (χ1v) is 2.89. The molecule has 0 amide bonds. The molecule has 0 heterocycles. The molecule has 0 aromatic heterocycles. The fourth-order valence-electron chi connectivity index (χ4n) is 0. The van der Waals surface area contributed by atoms with Gasteiger partial charge in [-0.2, -0.15) is 0 Å². The van der Waals surface area contributed by atoms with Gasteiger partial charge in [-0.15, -0.1) is 0 Å². The van der Waals surface area contributed by atoms with Crippen LogP contribution in [0.15, 0.2) is 0 Å². The Morgan fingerprint density at radius 2 is 1.25 bits per heavy atom. The molecular formula is C2H7ClO4Ru+. The number of aliphatic hydroxyl groups excluding tert-OH is 1. The zero-order chi connectivity index (χ0) is 6.00. The van der Waals surface area contributed by atoms with E-state index in [1.165, 1.54) is 0 Å². The van der Waals surface area contributed by atoms with Crippen molar-refractivity contribution in [3.05, 3.63) is 13.8 Å². The van der Waals surface area contributed by atoms with Crippen LogP contribution < -0.4 is 0 Å². The molecule has 4 nitrogen and oxygen atoms in total. The Hall–Kier alpha value is 0.533. The Labute approximate surface area is 61.9 Å². The third-order valence-corrected chi connectivity index (χ3v) is 0. The topological polar surface area (TPSA) is 103 Å². The molecule has 0 aliphatic carbocycles. The average molecular weight is 232 g/mol. The summed E-state index contributed by atoms with van der Waals surface area (Å²) in [6.45, 7) is 4.50. The SMILES string of the molecule is O.O.[C-]#[O+].[CH2-]O.[Cl][Ru+2]. The summed E-state index contributed by atoms with van der Waals surface area (Å²) in [5.74, 6) is 0. The van der Waals surface area contributed by atoms with E-state index in [4.69, 9.17) is 9.76 Å². The van der Waals surface area contributed by atoms with E-state index in [-0.39, 0.29) is 11.0 Å². The Morgan fingerprint density at radius 1 is 1.25 bits per heavy atom. The molecule has 0 aliphatic heterocycles. The average Bonchev–Trinajstić information content (AvgIpc) is 1.81. The van der Waals surface area contributed by atoms with E-state index in [2.05, 4.69) is 23.5 Å². The molecule has 0 atom stereocenters. The third-order valence-electron chi connectivity index (χ3n) is 0. The first kappa shape index (κ1) is 38.8. The molecule has 0 saturated carbocycles. The van der Waals surface area contributed by atoms with Gasteiger partial charge < -0.3 is 16.1 Å². The summed E-state index contributed by atoms with van der Waals surface area (Å²) in [7, 11) is 6.82. The maximum absolute atomic E-state index is 7.50. The van der Waals surface area contributed by atoms with E-state index >= 15 is 0 Å². The predicted molar refractivity (Wildman–Crippen MR) is 24.3 cm³/mol. The summed E-state index contributed by atoms with van der Waals surface area (Å²) in [6.07, 6.45) is 0. The normalized spacial score (nSPS) is 1.62. The summed E-state index contributed by atoms with van der Waals surface area (Å²) >= 11 is 1.82. The summed E-state index contributed by atoms with van der Waals surface area (Å²) in [4.78, 5) is 0. The molecule has 0 rings (SSSR count). The Morgan fingerprint density at radius 3 is 1.25 bits per heavy atom. The van der Waals surface area contributed by atoms with E-state index in [1.807, 2.05) is 17.3 Å². The summed E-state index contributed by atoms with van der Waals surface area (Å²) < 4.78 is 7.50. The van der Waals surface area contributed by atoms with Crippen LogP contribution in [-0.4, -0.2) is 16.1 Å². The second-order valence-corrected chi connectivity index (χ2v) is 0. The van der Waals surface area contributed by atoms with Crippen LogP contribution in [0.3, 0.4) is 0 Å². The van der Waals surface area contributed by atoms with Gasteiger partial charge in [0.25, 0.3) is 0 Å². The molecule has 53 valence electrons. The van der Waals surface area contributed by atoms with Crippen molar-refractivity contribution in [3.8, 4) is 0 Å². The van der Waals surface area contributed by atoms with Gasteiger partial charge in [-0.1, -0.05) is 0 Å². The number of aliphatic hydroxyl groups is 1. The predicted octanol–water partition coefficient (Wildman–Crippen LogP) is -0.849. The minimum atomic E-state index is 0. The van der Waals surface area contributed by atoms with Gasteiger partial charge in [0.05, 0.1) is 0 Å². The van der Waals surface area contributed by atoms with E-state index in [9.17, 15) is 0 Å². The minimum absolute atomic E-state index is 0. The number of halogens is 1. The second kappa shape index (κ2) is 1130. The van der Waals surface area contributed by atoms with Crippen molar-refractivity contribution < 1.29 is 38.0 Å². The first-order valence-electron chi connectivity index (χ1n) is 0.654. The van der Waals surface area contributed by atoms with E-state index in [0.29, 0.717) is 0 Å². The Kier molecular flexibility index (Phi) is 5480. The van der Waals surface area contributed by atoms with Gasteiger partial charge in [0.1, 0.15) is 0 Å². The van der Waals surface area contributed by atoms with Crippen LogP contribution >= 0.6 is 9.69 Å². The van der Waals surface area contributed by atoms with Crippen LogP contribution in [0.5, 0.6) is 0 Å². The van der Waals surface area contributed by atoms with Gasteiger partial charge in [-0.3, -0.25) is 0 Å². The van der Waals surface area contributed by atoms with E-state index < -0.39 is 0 Å². The van der Waals surface area contributed by atoms with Gasteiger partial charge in [0, 0.05) is 0 Å². The van der Waals surface area contributed by atoms with Crippen molar-refractivity contribution in [1.29, 1.82) is 0 Å². The van der Waals surface area contributed by atoms with Gasteiger partial charge in [-0.25, -0.2) is 7.11 Å². The van der Waals surface area contributed by atoms with Crippen LogP contribution in [0.4, 0.5) is 0 Å². The molecule has 8 heavy (non-hydrogen) atoms. The molecule has 0 saturated heterocycles. The maximum atomic E-state index is 7.50. The Bertz CT molecular complexity index is 18.8. The van der Waals surface area contributed by atoms with E-state index in [1.54, 1.807) is 0 Å². The zero-order valence-electron chi connectivity index (χ0n) is 3.79.